The molecule has 0 fully saturated rings. The molecule has 0 atom stereocenters. The summed E-state index contributed by atoms with van der Waals surface area (Å²) in [6.07, 6.45) is 0. The number of ether oxygens (including phenoxy) is 1. The summed E-state index contributed by atoms with van der Waals surface area (Å²) in [6, 6.07) is 19.4. The highest BCUT2D eigenvalue weighted by molar-refractivity contribution is 6.13. The topological polar surface area (TPSA) is 60.0 Å². The van der Waals surface area contributed by atoms with Gasteiger partial charge in [-0.15, -0.1) is 0 Å². The van der Waals surface area contributed by atoms with Crippen LogP contribution in [0.4, 0.5) is 0 Å². The van der Waals surface area contributed by atoms with E-state index in [1.54, 1.807) is 12.1 Å². The molecule has 5 rings (SSSR count). The molecule has 3 aromatic carbocycles. The lowest BCUT2D eigenvalue weighted by Gasteiger charge is -2.20. The van der Waals surface area contributed by atoms with E-state index in [-0.39, 0.29) is 0 Å². The van der Waals surface area contributed by atoms with Crippen LogP contribution in [0.5, 0.6) is 11.5 Å². The number of nitrogens with zero attached hydrogens (tertiary/aromatic N) is 1. The van der Waals surface area contributed by atoms with E-state index >= 15 is 0 Å². The van der Waals surface area contributed by atoms with Crippen molar-refractivity contribution in [3.8, 4) is 22.8 Å². The first-order valence-corrected chi connectivity index (χ1v) is 8.07. The van der Waals surface area contributed by atoms with Crippen molar-refractivity contribution in [3.05, 3.63) is 66.2 Å². The Morgan fingerprint density at radius 2 is 1.76 bits per heavy atom. The summed E-state index contributed by atoms with van der Waals surface area (Å²) in [6.45, 7) is 0. The fraction of sp³-hybridized carbons (Fsp3) is 0.0476. The second-order valence-electron chi connectivity index (χ2n) is 6.25. The second kappa shape index (κ2) is 4.80. The van der Waals surface area contributed by atoms with E-state index in [0.29, 0.717) is 5.56 Å². The van der Waals surface area contributed by atoms with Gasteiger partial charge in [0.15, 0.2) is 0 Å². The van der Waals surface area contributed by atoms with Crippen molar-refractivity contribution in [2.45, 2.75) is 0 Å². The van der Waals surface area contributed by atoms with Crippen LogP contribution in [0, 0.1) is 5.41 Å². The van der Waals surface area contributed by atoms with Crippen molar-refractivity contribution < 1.29 is 14.4 Å². The van der Waals surface area contributed by atoms with Crippen LogP contribution in [0.3, 0.4) is 0 Å². The van der Waals surface area contributed by atoms with Crippen LogP contribution in [-0.2, 0) is 7.05 Å². The molecule has 2 heterocycles. The lowest BCUT2D eigenvalue weighted by molar-refractivity contribution is -0.632. The number of para-hydroxylation sites is 1. The molecule has 0 unspecified atom stereocenters. The van der Waals surface area contributed by atoms with Crippen LogP contribution in [-0.4, -0.2) is 5.90 Å². The molecule has 120 valence electrons. The minimum absolute atomic E-state index is 0.395. The van der Waals surface area contributed by atoms with Crippen LogP contribution >= 0.6 is 0 Å². The number of nitrogens with one attached hydrogen (secondary N) is 1. The summed E-state index contributed by atoms with van der Waals surface area (Å²) in [5.41, 5.74) is 3.41. The van der Waals surface area contributed by atoms with E-state index in [9.17, 15) is 5.11 Å². The van der Waals surface area contributed by atoms with Crippen molar-refractivity contribution in [1.82, 2.24) is 0 Å². The molecule has 0 bridgehead atoms. The highest BCUT2D eigenvalue weighted by Gasteiger charge is 2.29. The van der Waals surface area contributed by atoms with Gasteiger partial charge >= 0.3 is 0 Å². The van der Waals surface area contributed by atoms with Gasteiger partial charge in [-0.1, -0.05) is 30.3 Å². The number of rotatable bonds is 1. The van der Waals surface area contributed by atoms with Crippen LogP contribution < -0.4 is 14.4 Å². The normalized spacial score (nSPS) is 12.0. The van der Waals surface area contributed by atoms with Crippen LogP contribution in [0.15, 0.2) is 60.7 Å². The first-order chi connectivity index (χ1) is 12.1. The van der Waals surface area contributed by atoms with Gasteiger partial charge in [0.1, 0.15) is 18.5 Å². The number of hydrogen-bond donors (Lipinski definition) is 1. The van der Waals surface area contributed by atoms with E-state index in [4.69, 9.17) is 10.1 Å². The Kier molecular flexibility index (Phi) is 2.69. The number of aromatic nitrogens is 1. The van der Waals surface area contributed by atoms with Gasteiger partial charge in [-0.25, -0.2) is 0 Å². The first kappa shape index (κ1) is 14.0. The molecule has 25 heavy (non-hydrogen) atoms. The molecule has 0 radical (unpaired) electrons. The van der Waals surface area contributed by atoms with Gasteiger partial charge in [0, 0.05) is 11.5 Å². The summed E-state index contributed by atoms with van der Waals surface area (Å²) in [4.78, 5) is 0. The maximum Gasteiger partial charge on any atom is 0.228 e. The number of aryl methyl sites for hydroxylation is 1. The fourth-order valence-electron chi connectivity index (χ4n) is 3.74. The molecular formula is C21H14N2O2. The zero-order chi connectivity index (χ0) is 17.1. The molecule has 0 spiro atoms. The summed E-state index contributed by atoms with van der Waals surface area (Å²) >= 11 is 0. The van der Waals surface area contributed by atoms with Gasteiger partial charge in [0.25, 0.3) is 0 Å². The zero-order valence-electron chi connectivity index (χ0n) is 13.5. The summed E-state index contributed by atoms with van der Waals surface area (Å²) in [5.74, 6) is 0.989. The van der Waals surface area contributed by atoms with Gasteiger partial charge < -0.3 is 15.3 Å². The predicted octanol–water partition coefficient (Wildman–Crippen LogP) is 3.28. The Labute approximate surface area is 144 Å². The van der Waals surface area contributed by atoms with Gasteiger partial charge in [-0.05, 0) is 35.7 Å². The smallest absolute Gasteiger partial charge is 0.228 e. The van der Waals surface area contributed by atoms with E-state index in [2.05, 4.69) is 10.6 Å². The maximum atomic E-state index is 11.5. The first-order valence-electron chi connectivity index (χ1n) is 8.07. The molecule has 1 aliphatic rings. The summed E-state index contributed by atoms with van der Waals surface area (Å²) < 4.78 is 8.21. The van der Waals surface area contributed by atoms with Crippen LogP contribution in [0.25, 0.3) is 32.9 Å². The van der Waals surface area contributed by atoms with Gasteiger partial charge in [-0.2, -0.15) is 4.57 Å². The molecule has 0 amide bonds. The second-order valence-corrected chi connectivity index (χ2v) is 6.25. The van der Waals surface area contributed by atoms with E-state index in [1.807, 2.05) is 49.5 Å². The third-order valence-corrected chi connectivity index (χ3v) is 4.87. The molecule has 4 aromatic rings. The Balaban J connectivity index is 2.03. The average Bonchev–Trinajstić information content (AvgIpc) is 2.64. The van der Waals surface area contributed by atoms with Crippen molar-refractivity contribution in [2.24, 2.45) is 7.05 Å². The standard InChI is InChI=1S/C21H14N2O2/c1-23-16-11-12(21(22)24)9-10-13(16)14-6-4-8-18-19(14)20(23)15-5-2-3-7-17(15)25-18/h2-11H,1H3,(H-,22,24). The third kappa shape index (κ3) is 1.82. The number of fused-ring (bicyclic) bond motifs is 4. The fourth-order valence-corrected chi connectivity index (χ4v) is 3.74. The molecule has 1 N–H and O–H groups in total. The Bertz CT molecular complexity index is 1210. The van der Waals surface area contributed by atoms with Crippen molar-refractivity contribution in [1.29, 1.82) is 5.41 Å². The van der Waals surface area contributed by atoms with Crippen LogP contribution in [0.2, 0.25) is 0 Å². The largest absolute Gasteiger partial charge is 0.859 e. The van der Waals surface area contributed by atoms with Gasteiger partial charge in [0.2, 0.25) is 11.2 Å². The van der Waals surface area contributed by atoms with Crippen molar-refractivity contribution in [3.63, 3.8) is 0 Å². The Morgan fingerprint density at radius 3 is 2.60 bits per heavy atom. The van der Waals surface area contributed by atoms with Crippen LogP contribution in [0.1, 0.15) is 5.56 Å². The maximum absolute atomic E-state index is 11.5. The third-order valence-electron chi connectivity index (χ3n) is 4.87. The van der Waals surface area contributed by atoms with Crippen molar-refractivity contribution >= 4 is 27.6 Å². The lowest BCUT2D eigenvalue weighted by Crippen LogP contribution is -2.33. The van der Waals surface area contributed by atoms with E-state index in [1.165, 1.54) is 0 Å². The Morgan fingerprint density at radius 1 is 0.960 bits per heavy atom. The molecule has 0 saturated carbocycles. The van der Waals surface area contributed by atoms with E-state index in [0.717, 1.165) is 44.4 Å². The quantitative estimate of drug-likeness (QED) is 0.222. The summed E-state index contributed by atoms with van der Waals surface area (Å²) in [5, 5.41) is 22.1. The number of pyridine rings is 1. The predicted molar refractivity (Wildman–Crippen MR) is 95.0 cm³/mol. The van der Waals surface area contributed by atoms with E-state index < -0.39 is 5.90 Å². The minimum Gasteiger partial charge on any atom is -0.859 e. The van der Waals surface area contributed by atoms with Gasteiger partial charge in [0.05, 0.1) is 16.3 Å². The number of benzene rings is 3. The molecule has 0 aliphatic carbocycles. The average molecular weight is 326 g/mol. The number of hydrogen-bond acceptors (Lipinski definition) is 3. The Hall–Kier alpha value is -3.40. The highest BCUT2D eigenvalue weighted by Crippen LogP contribution is 2.46. The zero-order valence-corrected chi connectivity index (χ0v) is 13.5. The monoisotopic (exact) mass is 326 g/mol. The molecular weight excluding hydrogens is 312 g/mol. The van der Waals surface area contributed by atoms with Crippen molar-refractivity contribution in [2.75, 3.05) is 0 Å². The molecule has 4 nitrogen and oxygen atoms in total. The minimum atomic E-state index is -0.673. The molecule has 4 heteroatoms. The SMILES string of the molecule is C[n+]1c2c3c(cccc3c3ccc(C(=N)[O-])cc31)Oc1ccccc1-2. The summed E-state index contributed by atoms with van der Waals surface area (Å²) in [7, 11) is 1.99. The lowest BCUT2D eigenvalue weighted by atomic mass is 9.95. The highest BCUT2D eigenvalue weighted by atomic mass is 16.5. The molecule has 1 aliphatic heterocycles. The van der Waals surface area contributed by atoms with Gasteiger partial charge in [-0.3, -0.25) is 0 Å². The molecule has 1 aromatic heterocycles. The molecule has 0 saturated heterocycles.